The predicted molar refractivity (Wildman–Crippen MR) is 422 cm³/mol. The van der Waals surface area contributed by atoms with Gasteiger partial charge in [-0.05, 0) is 77.0 Å². The first-order chi connectivity index (χ1) is 47.5. The third kappa shape index (κ3) is 81.8. The molecule has 0 spiro atoms. The second-order valence-corrected chi connectivity index (χ2v) is 30.6. The standard InChI is InChI=1S/C87H158NO8P/c1-6-8-10-12-14-16-18-20-22-24-26-28-30-32-34-36-38-40-41-42-43-44-45-46-47-48-50-52-54-56-58-60-62-64-66-68-70-72-74-76-78-80-87(90)96-85(84-95-97(91,92)94-82-81-88(3,4)5)83-93-86(89)79-77-75-73-71-69-67-65-63-61-59-57-55-53-51-49-39-37-35-33-31-29-27-25-23-21-19-17-15-13-11-9-7-2/h8,10,14,16,20,22,26,28,32,34,38,40,42-43,45-46,85H,6-7,9,11-13,15,17-19,21,23-25,27,29-31,33,35-37,39,41,44,47-84H2,1-5H3/p+1/b10-8-,16-14-,22-20-,28-26-,34-32-,40-38-,43-42-,46-45-. The summed E-state index contributed by atoms with van der Waals surface area (Å²) in [5.41, 5.74) is 0. The minimum Gasteiger partial charge on any atom is -0.462 e. The van der Waals surface area contributed by atoms with E-state index in [9.17, 15) is 19.0 Å². The van der Waals surface area contributed by atoms with Gasteiger partial charge in [0.05, 0.1) is 27.7 Å². The summed E-state index contributed by atoms with van der Waals surface area (Å²) >= 11 is 0. The monoisotopic (exact) mass is 1380 g/mol. The van der Waals surface area contributed by atoms with Gasteiger partial charge in [0, 0.05) is 12.8 Å². The summed E-state index contributed by atoms with van der Waals surface area (Å²) in [6.45, 7) is 4.38. The van der Waals surface area contributed by atoms with Crippen LogP contribution in [0, 0.1) is 0 Å². The maximum Gasteiger partial charge on any atom is 0.472 e. The van der Waals surface area contributed by atoms with Gasteiger partial charge < -0.3 is 18.9 Å². The Kier molecular flexibility index (Phi) is 74.7. The summed E-state index contributed by atoms with van der Waals surface area (Å²) in [6, 6.07) is 0. The molecule has 0 aromatic carbocycles. The predicted octanol–water partition coefficient (Wildman–Crippen LogP) is 27.8. The molecule has 0 radical (unpaired) electrons. The summed E-state index contributed by atoms with van der Waals surface area (Å²) in [6.07, 6.45) is 109. The lowest BCUT2D eigenvalue weighted by Gasteiger charge is -2.24. The van der Waals surface area contributed by atoms with Crippen molar-refractivity contribution in [3.05, 3.63) is 97.2 Å². The van der Waals surface area contributed by atoms with Crippen LogP contribution in [0.4, 0.5) is 0 Å². The summed E-state index contributed by atoms with van der Waals surface area (Å²) in [5, 5.41) is 0. The highest BCUT2D eigenvalue weighted by Crippen LogP contribution is 2.43. The van der Waals surface area contributed by atoms with Gasteiger partial charge in [0.2, 0.25) is 0 Å². The fourth-order valence-electron chi connectivity index (χ4n) is 12.1. The Hall–Kier alpha value is -3.07. The summed E-state index contributed by atoms with van der Waals surface area (Å²) in [4.78, 5) is 36.0. The second kappa shape index (κ2) is 77.1. The number of hydrogen-bond donors (Lipinski definition) is 1. The van der Waals surface area contributed by atoms with Crippen molar-refractivity contribution >= 4 is 19.8 Å². The van der Waals surface area contributed by atoms with Crippen molar-refractivity contribution < 1.29 is 42.1 Å². The molecule has 2 atom stereocenters. The minimum atomic E-state index is -4.40. The van der Waals surface area contributed by atoms with Crippen LogP contribution in [-0.4, -0.2) is 74.9 Å². The van der Waals surface area contributed by atoms with Gasteiger partial charge in [-0.2, -0.15) is 0 Å². The van der Waals surface area contributed by atoms with E-state index in [0.29, 0.717) is 23.9 Å². The Labute approximate surface area is 602 Å². The van der Waals surface area contributed by atoms with E-state index in [4.69, 9.17) is 18.5 Å². The Morgan fingerprint density at radius 1 is 0.330 bits per heavy atom. The molecule has 0 aliphatic rings. The third-order valence-electron chi connectivity index (χ3n) is 18.4. The number of nitrogens with zero attached hydrogens (tertiary/aromatic N) is 1. The molecule has 0 heterocycles. The van der Waals surface area contributed by atoms with E-state index >= 15 is 0 Å². The van der Waals surface area contributed by atoms with Crippen molar-refractivity contribution in [3.63, 3.8) is 0 Å². The number of ether oxygens (including phenoxy) is 2. The molecule has 9 nitrogen and oxygen atoms in total. The van der Waals surface area contributed by atoms with Gasteiger partial charge >= 0.3 is 19.8 Å². The van der Waals surface area contributed by atoms with Gasteiger partial charge in [0.15, 0.2) is 6.10 Å². The molecule has 0 aliphatic carbocycles. The van der Waals surface area contributed by atoms with E-state index in [0.717, 1.165) is 83.5 Å². The van der Waals surface area contributed by atoms with E-state index in [1.807, 2.05) is 21.1 Å². The fraction of sp³-hybridized carbons (Fsp3) is 0.793. The molecule has 0 bridgehead atoms. The number of likely N-dealkylation sites (N-methyl/N-ethyl adjacent to an activating group) is 1. The number of carbonyl (C=O) groups excluding carboxylic acids is 2. The van der Waals surface area contributed by atoms with E-state index in [-0.39, 0.29) is 25.6 Å². The van der Waals surface area contributed by atoms with E-state index in [2.05, 4.69) is 111 Å². The number of unbranched alkanes of at least 4 members (excludes halogenated alkanes) is 47. The number of allylic oxidation sites excluding steroid dienone is 16. The molecule has 0 rings (SSSR count). The first-order valence-electron chi connectivity index (χ1n) is 41.5. The zero-order valence-electron chi connectivity index (χ0n) is 64.6. The highest BCUT2D eigenvalue weighted by atomic mass is 31.2. The number of rotatable bonds is 77. The van der Waals surface area contributed by atoms with Crippen molar-refractivity contribution in [1.82, 2.24) is 0 Å². The molecule has 0 aliphatic heterocycles. The first kappa shape index (κ1) is 93.9. The van der Waals surface area contributed by atoms with Gasteiger partial charge in [-0.3, -0.25) is 18.6 Å². The van der Waals surface area contributed by atoms with Crippen LogP contribution in [0.25, 0.3) is 0 Å². The van der Waals surface area contributed by atoms with E-state index in [1.54, 1.807) is 0 Å². The number of phosphoric ester groups is 1. The van der Waals surface area contributed by atoms with Crippen molar-refractivity contribution in [2.24, 2.45) is 0 Å². The zero-order valence-corrected chi connectivity index (χ0v) is 65.5. The van der Waals surface area contributed by atoms with Crippen LogP contribution >= 0.6 is 7.82 Å². The van der Waals surface area contributed by atoms with Crippen LogP contribution < -0.4 is 0 Å². The smallest absolute Gasteiger partial charge is 0.462 e. The normalized spacial score (nSPS) is 13.5. The average Bonchev–Trinajstić information content (AvgIpc) is 1.69. The number of esters is 2. The van der Waals surface area contributed by atoms with Crippen molar-refractivity contribution in [2.75, 3.05) is 47.5 Å². The average molecular weight is 1380 g/mol. The first-order valence-corrected chi connectivity index (χ1v) is 43.0. The summed E-state index contributed by atoms with van der Waals surface area (Å²) < 4.78 is 34.9. The molecular weight excluding hydrogens is 1220 g/mol. The van der Waals surface area contributed by atoms with E-state index in [1.165, 1.54) is 276 Å². The quantitative estimate of drug-likeness (QED) is 0.0211. The summed E-state index contributed by atoms with van der Waals surface area (Å²) in [7, 11) is 1.49. The highest BCUT2D eigenvalue weighted by Gasteiger charge is 2.27. The minimum absolute atomic E-state index is 0.0318. The molecule has 0 aromatic heterocycles. The van der Waals surface area contributed by atoms with Crippen molar-refractivity contribution in [2.45, 2.75) is 399 Å². The largest absolute Gasteiger partial charge is 0.472 e. The van der Waals surface area contributed by atoms with Gasteiger partial charge in [-0.1, -0.05) is 400 Å². The molecule has 2 unspecified atom stereocenters. The van der Waals surface area contributed by atoms with Gasteiger partial charge in [0.1, 0.15) is 19.8 Å². The zero-order chi connectivity index (χ0) is 70.4. The lowest BCUT2D eigenvalue weighted by atomic mass is 10.0. The molecule has 1 N–H and O–H groups in total. The lowest BCUT2D eigenvalue weighted by molar-refractivity contribution is -0.870. The van der Waals surface area contributed by atoms with Crippen LogP contribution in [0.1, 0.15) is 393 Å². The maximum absolute atomic E-state index is 12.9. The molecule has 10 heteroatoms. The molecule has 0 amide bonds. The molecule has 0 fully saturated rings. The van der Waals surface area contributed by atoms with Crippen molar-refractivity contribution in [1.29, 1.82) is 0 Å². The Balaban J connectivity index is 3.94. The van der Waals surface area contributed by atoms with Gasteiger partial charge in [-0.15, -0.1) is 0 Å². The van der Waals surface area contributed by atoms with Gasteiger partial charge in [-0.25, -0.2) is 4.57 Å². The van der Waals surface area contributed by atoms with Gasteiger partial charge in [0.25, 0.3) is 0 Å². The van der Waals surface area contributed by atoms with Crippen LogP contribution in [-0.2, 0) is 32.7 Å². The number of carbonyl (C=O) groups is 2. The molecule has 0 saturated heterocycles. The molecular formula is C87H159NO8P+. The third-order valence-corrected chi connectivity index (χ3v) is 19.4. The summed E-state index contributed by atoms with van der Waals surface area (Å²) in [5.74, 6) is -0.779. The second-order valence-electron chi connectivity index (χ2n) is 29.1. The fourth-order valence-corrected chi connectivity index (χ4v) is 12.8. The molecule has 0 aromatic rings. The van der Waals surface area contributed by atoms with Crippen molar-refractivity contribution in [3.8, 4) is 0 Å². The number of phosphoric acid groups is 1. The molecule has 0 saturated carbocycles. The molecule has 97 heavy (non-hydrogen) atoms. The van der Waals surface area contributed by atoms with E-state index < -0.39 is 26.5 Å². The Morgan fingerprint density at radius 2 is 0.588 bits per heavy atom. The van der Waals surface area contributed by atoms with Crippen LogP contribution in [0.15, 0.2) is 97.2 Å². The van der Waals surface area contributed by atoms with Crippen LogP contribution in [0.5, 0.6) is 0 Å². The maximum atomic E-state index is 12.9. The van der Waals surface area contributed by atoms with Crippen LogP contribution in [0.3, 0.4) is 0 Å². The number of hydrogen-bond acceptors (Lipinski definition) is 7. The molecule has 564 valence electrons. The SMILES string of the molecule is CC/C=C\C/C=C\C/C=C\C/C=C\C/C=C\C/C=C\C/C=C\C/C=C\CCCCCCCCCCCCCCCCCCC(=O)OC(COC(=O)CCCCCCCCCCCCCCCCCCCCCCCCCCCCCCCCCC)COP(=O)(O)OCC[N+](C)(C)C. The lowest BCUT2D eigenvalue weighted by Crippen LogP contribution is -2.37. The topological polar surface area (TPSA) is 108 Å². The highest BCUT2D eigenvalue weighted by molar-refractivity contribution is 7.47. The van der Waals surface area contributed by atoms with Crippen LogP contribution in [0.2, 0.25) is 0 Å². The number of quaternary nitrogens is 1. The Morgan fingerprint density at radius 3 is 0.876 bits per heavy atom. The Bertz CT molecular complexity index is 1960.